The third-order valence-electron chi connectivity index (χ3n) is 9.12. The lowest BCUT2D eigenvalue weighted by Gasteiger charge is -2.21. The number of aliphatic hydroxyl groups excluding tert-OH is 1. The Balaban J connectivity index is 1.16. The molecule has 5 aromatic rings. The van der Waals surface area contributed by atoms with Crippen molar-refractivity contribution in [2.24, 2.45) is 5.92 Å². The molecular weight excluding hydrogens is 715 g/mol. The fourth-order valence-corrected chi connectivity index (χ4v) is 9.84. The first-order valence-corrected chi connectivity index (χ1v) is 20.1. The van der Waals surface area contributed by atoms with Gasteiger partial charge in [-0.15, -0.1) is 0 Å². The van der Waals surface area contributed by atoms with Crippen molar-refractivity contribution in [3.05, 3.63) is 131 Å². The van der Waals surface area contributed by atoms with Gasteiger partial charge >= 0.3 is 10.2 Å². The minimum Gasteiger partial charge on any atom is -0.493 e. The standard InChI is InChI=1S/C37H34Cl2N4O5S2/c38-29-15-18-33(34(39)20-29)35-22-42(30-7-4-8-31(21-30)43-23-37(44)41-50(43,47)48)36(40-35)19-25-9-11-27(12-10-25)28-13-16-32(17-14-28)49(45,46)24-26-5-2-1-3-6-26/h4,7-18,20-23,26,41,44H,1-3,5-6,19,24H2. The topological polar surface area (TPSA) is 122 Å². The van der Waals surface area contributed by atoms with Crippen LogP contribution in [0.3, 0.4) is 0 Å². The van der Waals surface area contributed by atoms with E-state index >= 15 is 0 Å². The first kappa shape index (κ1) is 34.2. The van der Waals surface area contributed by atoms with Crippen LogP contribution < -0.4 is 9.03 Å². The Labute approximate surface area is 301 Å². The van der Waals surface area contributed by atoms with E-state index < -0.39 is 25.9 Å². The summed E-state index contributed by atoms with van der Waals surface area (Å²) >= 11 is 12.7. The van der Waals surface area contributed by atoms with E-state index in [0.717, 1.165) is 52.9 Å². The summed E-state index contributed by atoms with van der Waals surface area (Å²) in [6.45, 7) is 0. The Hall–Kier alpha value is -4.29. The molecule has 9 nitrogen and oxygen atoms in total. The van der Waals surface area contributed by atoms with Gasteiger partial charge in [0, 0.05) is 28.9 Å². The summed E-state index contributed by atoms with van der Waals surface area (Å²) in [5, 5.41) is 10.8. The van der Waals surface area contributed by atoms with Gasteiger partial charge < -0.3 is 9.67 Å². The molecule has 0 atom stereocenters. The van der Waals surface area contributed by atoms with Crippen LogP contribution in [-0.2, 0) is 26.5 Å². The number of nitrogens with zero attached hydrogens (tertiary/aromatic N) is 3. The largest absolute Gasteiger partial charge is 0.493 e. The van der Waals surface area contributed by atoms with Crippen molar-refractivity contribution < 1.29 is 21.9 Å². The first-order valence-electron chi connectivity index (χ1n) is 16.2. The number of benzene rings is 4. The lowest BCUT2D eigenvalue weighted by molar-refractivity contribution is 0.385. The lowest BCUT2D eigenvalue weighted by Crippen LogP contribution is -2.29. The van der Waals surface area contributed by atoms with E-state index in [1.165, 1.54) is 6.42 Å². The maximum Gasteiger partial charge on any atom is 0.330 e. The molecule has 1 aliphatic heterocycles. The average molecular weight is 750 g/mol. The number of imidazole rings is 1. The summed E-state index contributed by atoms with van der Waals surface area (Å²) in [4.78, 5) is 5.31. The van der Waals surface area contributed by atoms with Crippen LogP contribution in [0.25, 0.3) is 28.1 Å². The van der Waals surface area contributed by atoms with Gasteiger partial charge in [-0.2, -0.15) is 8.42 Å². The predicted molar refractivity (Wildman–Crippen MR) is 198 cm³/mol. The molecule has 0 unspecified atom stereocenters. The van der Waals surface area contributed by atoms with E-state index in [1.807, 2.05) is 53.2 Å². The number of sulfone groups is 1. The molecule has 0 amide bonds. The van der Waals surface area contributed by atoms with E-state index in [9.17, 15) is 21.9 Å². The van der Waals surface area contributed by atoms with Gasteiger partial charge in [-0.05, 0) is 84.0 Å². The van der Waals surface area contributed by atoms with Gasteiger partial charge in [0.05, 0.1) is 33.3 Å². The van der Waals surface area contributed by atoms with Gasteiger partial charge in [0.1, 0.15) is 5.82 Å². The molecule has 1 fully saturated rings. The first-order chi connectivity index (χ1) is 23.9. The van der Waals surface area contributed by atoms with Crippen LogP contribution in [0.1, 0.15) is 43.5 Å². The van der Waals surface area contributed by atoms with E-state index in [1.54, 1.807) is 48.5 Å². The summed E-state index contributed by atoms with van der Waals surface area (Å²) < 4.78 is 56.2. The van der Waals surface area contributed by atoms with Crippen LogP contribution in [0, 0.1) is 5.92 Å². The second-order valence-corrected chi connectivity index (χ2v) is 17.1. The summed E-state index contributed by atoms with van der Waals surface area (Å²) in [6.07, 6.45) is 8.74. The van der Waals surface area contributed by atoms with Crippen molar-refractivity contribution in [2.45, 2.75) is 43.4 Å². The number of hydrogen-bond donors (Lipinski definition) is 2. The van der Waals surface area contributed by atoms with Crippen LogP contribution in [0.15, 0.2) is 114 Å². The van der Waals surface area contributed by atoms with E-state index in [0.29, 0.717) is 49.8 Å². The number of anilines is 1. The highest BCUT2D eigenvalue weighted by molar-refractivity contribution is 7.91. The predicted octanol–water partition coefficient (Wildman–Crippen LogP) is 8.47. The molecule has 13 heteroatoms. The van der Waals surface area contributed by atoms with Crippen molar-refractivity contribution in [1.82, 2.24) is 14.3 Å². The highest BCUT2D eigenvalue weighted by Gasteiger charge is 2.29. The summed E-state index contributed by atoms with van der Waals surface area (Å²) in [5.74, 6) is 0.647. The third kappa shape index (κ3) is 7.27. The van der Waals surface area contributed by atoms with Crippen LogP contribution in [0.5, 0.6) is 0 Å². The number of rotatable bonds is 9. The molecule has 0 radical (unpaired) electrons. The zero-order chi connectivity index (χ0) is 35.0. The summed E-state index contributed by atoms with van der Waals surface area (Å²) in [5.41, 5.74) is 5.09. The van der Waals surface area contributed by atoms with Gasteiger partial charge in [-0.25, -0.2) is 22.4 Å². The second kappa shape index (κ2) is 13.8. The van der Waals surface area contributed by atoms with Gasteiger partial charge in [-0.3, -0.25) is 0 Å². The molecular formula is C37H34Cl2N4O5S2. The molecule has 0 saturated heterocycles. The van der Waals surface area contributed by atoms with Gasteiger partial charge in [0.15, 0.2) is 9.84 Å². The molecule has 1 aromatic heterocycles. The zero-order valence-corrected chi connectivity index (χ0v) is 30.0. The number of aliphatic hydroxyl groups is 1. The quantitative estimate of drug-likeness (QED) is 0.156. The monoisotopic (exact) mass is 748 g/mol. The smallest absolute Gasteiger partial charge is 0.330 e. The van der Waals surface area contributed by atoms with E-state index in [2.05, 4.69) is 4.72 Å². The number of nitrogens with one attached hydrogen (secondary N) is 1. The summed E-state index contributed by atoms with van der Waals surface area (Å²) in [6, 6.07) is 27.2. The Morgan fingerprint density at radius 3 is 2.20 bits per heavy atom. The highest BCUT2D eigenvalue weighted by Crippen LogP contribution is 2.33. The molecule has 258 valence electrons. The van der Waals surface area contributed by atoms with Crippen LogP contribution in [0.4, 0.5) is 5.69 Å². The maximum atomic E-state index is 13.1. The van der Waals surface area contributed by atoms with E-state index in [-0.39, 0.29) is 11.7 Å². The minimum atomic E-state index is -3.98. The molecule has 4 aromatic carbocycles. The molecule has 2 aliphatic rings. The van der Waals surface area contributed by atoms with Crippen LogP contribution >= 0.6 is 23.2 Å². The average Bonchev–Trinajstić information content (AvgIpc) is 3.63. The second-order valence-electron chi connectivity index (χ2n) is 12.7. The number of aromatic nitrogens is 2. The Morgan fingerprint density at radius 2 is 1.54 bits per heavy atom. The number of hydrogen-bond acceptors (Lipinski definition) is 6. The van der Waals surface area contributed by atoms with Crippen molar-refractivity contribution in [3.63, 3.8) is 0 Å². The van der Waals surface area contributed by atoms with Crippen molar-refractivity contribution in [3.8, 4) is 28.1 Å². The molecule has 0 spiro atoms. The summed E-state index contributed by atoms with van der Waals surface area (Å²) in [7, 11) is -7.32. The minimum absolute atomic E-state index is 0.211. The fourth-order valence-electron chi connectivity index (χ4n) is 6.59. The van der Waals surface area contributed by atoms with Gasteiger partial charge in [0.2, 0.25) is 5.88 Å². The van der Waals surface area contributed by atoms with Crippen LogP contribution in [0.2, 0.25) is 10.0 Å². The molecule has 1 saturated carbocycles. The number of halogens is 2. The Bertz CT molecular complexity index is 2300. The molecule has 50 heavy (non-hydrogen) atoms. The Morgan fingerprint density at radius 1 is 0.860 bits per heavy atom. The van der Waals surface area contributed by atoms with Crippen molar-refractivity contribution in [1.29, 1.82) is 0 Å². The van der Waals surface area contributed by atoms with Gasteiger partial charge in [-0.1, -0.05) is 84.9 Å². The molecule has 0 bridgehead atoms. The fraction of sp³-hybridized carbons (Fsp3) is 0.216. The Kier molecular flexibility index (Phi) is 9.42. The van der Waals surface area contributed by atoms with Crippen molar-refractivity contribution in [2.75, 3.05) is 10.1 Å². The zero-order valence-electron chi connectivity index (χ0n) is 26.8. The van der Waals surface area contributed by atoms with Crippen LogP contribution in [-0.4, -0.2) is 37.2 Å². The third-order valence-corrected chi connectivity index (χ3v) is 12.9. The lowest BCUT2D eigenvalue weighted by atomic mass is 9.91. The van der Waals surface area contributed by atoms with E-state index in [4.69, 9.17) is 28.2 Å². The highest BCUT2D eigenvalue weighted by atomic mass is 35.5. The SMILES string of the molecule is O=S(=O)(CC1CCCCC1)c1ccc(-c2ccc(Cc3nc(-c4ccc(Cl)cc4Cl)cn3-c3cccc(N4C=C(O)NS4(=O)=O)c3)cc2)cc1. The normalized spacial score (nSPS) is 16.3. The molecule has 7 rings (SSSR count). The molecule has 1 aliphatic carbocycles. The molecule has 2 heterocycles. The maximum absolute atomic E-state index is 13.1. The van der Waals surface area contributed by atoms with Gasteiger partial charge in [0.25, 0.3) is 0 Å². The van der Waals surface area contributed by atoms with Crippen molar-refractivity contribution >= 4 is 48.9 Å². The molecule has 2 N–H and O–H groups in total.